The van der Waals surface area contributed by atoms with E-state index in [1.54, 1.807) is 6.82 Å². The van der Waals surface area contributed by atoms with Gasteiger partial charge < -0.3 is 14.9 Å². The largest absolute Gasteiger partial charge is 0.437 e. The quantitative estimate of drug-likeness (QED) is 0.421. The number of hydrogen-bond acceptors (Lipinski definition) is 3. The van der Waals surface area contributed by atoms with Crippen molar-refractivity contribution >= 4 is 7.05 Å². The highest BCUT2D eigenvalue weighted by molar-refractivity contribution is 6.45. The van der Waals surface area contributed by atoms with Gasteiger partial charge in [0.25, 0.3) is 0 Å². The summed E-state index contributed by atoms with van der Waals surface area (Å²) in [6.07, 6.45) is 0.864. The van der Waals surface area contributed by atoms with Crippen molar-refractivity contribution in [1.82, 2.24) is 4.81 Å². The highest BCUT2D eigenvalue weighted by Gasteiger charge is 2.39. The molecule has 0 bridgehead atoms. The van der Waals surface area contributed by atoms with Crippen LogP contribution in [0, 0.1) is 6.57 Å². The average molecular weight is 168 g/mol. The van der Waals surface area contributed by atoms with Crippen LogP contribution in [0.4, 0.5) is 0 Å². The van der Waals surface area contributed by atoms with Crippen molar-refractivity contribution in [3.8, 4) is 0 Å². The lowest BCUT2D eigenvalue weighted by Gasteiger charge is -2.31. The molecule has 1 fully saturated rings. The lowest BCUT2D eigenvalue weighted by molar-refractivity contribution is 0.0334. The molecule has 0 atom stereocenters. The van der Waals surface area contributed by atoms with E-state index in [-0.39, 0.29) is 0 Å². The summed E-state index contributed by atoms with van der Waals surface area (Å²) in [5.41, 5.74) is -1.18. The number of aliphatic hydroxyl groups is 1. The number of rotatable bonds is 1. The maximum Gasteiger partial charge on any atom is 0.376 e. The molecule has 0 radical (unpaired) electrons. The SMILES string of the molecule is [C-]#[N+]C1(O)CCN(B(C)O)CC1. The molecule has 0 unspecified atom stereocenters. The second-order valence-electron chi connectivity index (χ2n) is 3.26. The summed E-state index contributed by atoms with van der Waals surface area (Å²) in [4.78, 5) is 5.02. The first-order chi connectivity index (χ1) is 5.57. The first-order valence-corrected chi connectivity index (χ1v) is 4.10. The highest BCUT2D eigenvalue weighted by Crippen LogP contribution is 2.23. The zero-order valence-corrected chi connectivity index (χ0v) is 7.19. The third-order valence-electron chi connectivity index (χ3n) is 2.34. The zero-order valence-electron chi connectivity index (χ0n) is 7.19. The van der Waals surface area contributed by atoms with Crippen LogP contribution in [0.25, 0.3) is 4.85 Å². The van der Waals surface area contributed by atoms with Gasteiger partial charge >= 0.3 is 12.8 Å². The van der Waals surface area contributed by atoms with Gasteiger partial charge in [-0.3, -0.25) is 4.85 Å². The molecule has 1 heterocycles. The second-order valence-corrected chi connectivity index (χ2v) is 3.26. The van der Waals surface area contributed by atoms with Gasteiger partial charge in [0.2, 0.25) is 0 Å². The smallest absolute Gasteiger partial charge is 0.376 e. The Labute approximate surface area is 72.8 Å². The molecule has 2 N–H and O–H groups in total. The standard InChI is InChI=1S/C7H13BN2O2/c1-8(12)10-5-3-7(11,9-2)4-6-10/h11-12H,3-6H2,1H3. The van der Waals surface area contributed by atoms with Crippen LogP contribution >= 0.6 is 0 Å². The summed E-state index contributed by atoms with van der Waals surface area (Å²) >= 11 is 0. The van der Waals surface area contributed by atoms with E-state index in [4.69, 9.17) is 6.57 Å². The Morgan fingerprint density at radius 2 is 2.00 bits per heavy atom. The molecule has 0 amide bonds. The fourth-order valence-electron chi connectivity index (χ4n) is 1.37. The second kappa shape index (κ2) is 3.44. The molecule has 0 aromatic carbocycles. The first kappa shape index (κ1) is 9.52. The van der Waals surface area contributed by atoms with Crippen LogP contribution in [0.15, 0.2) is 0 Å². The number of hydrogen-bond donors (Lipinski definition) is 2. The molecule has 66 valence electrons. The molecule has 0 aromatic heterocycles. The average Bonchev–Trinajstić information content (AvgIpc) is 2.05. The Hall–Kier alpha value is -0.565. The molecule has 1 aliphatic rings. The summed E-state index contributed by atoms with van der Waals surface area (Å²) in [7, 11) is -0.472. The normalized spacial score (nSPS) is 23.2. The van der Waals surface area contributed by atoms with Gasteiger partial charge in [0.15, 0.2) is 0 Å². The molecule has 4 nitrogen and oxygen atoms in total. The van der Waals surface area contributed by atoms with E-state index in [2.05, 4.69) is 4.85 Å². The van der Waals surface area contributed by atoms with E-state index >= 15 is 0 Å². The van der Waals surface area contributed by atoms with Crippen LogP contribution in [0.5, 0.6) is 0 Å². The molecule has 0 spiro atoms. The first-order valence-electron chi connectivity index (χ1n) is 4.10. The summed E-state index contributed by atoms with van der Waals surface area (Å²) in [5.74, 6) is 0. The lowest BCUT2D eigenvalue weighted by Crippen LogP contribution is -2.48. The monoisotopic (exact) mass is 168 g/mol. The van der Waals surface area contributed by atoms with Gasteiger partial charge in [0, 0.05) is 0 Å². The summed E-state index contributed by atoms with van der Waals surface area (Å²) in [6.45, 7) is 9.65. The van der Waals surface area contributed by atoms with Gasteiger partial charge in [0.1, 0.15) is 0 Å². The highest BCUT2D eigenvalue weighted by atomic mass is 16.3. The molecule has 5 heteroatoms. The van der Waals surface area contributed by atoms with Gasteiger partial charge in [-0.1, -0.05) is 0 Å². The van der Waals surface area contributed by atoms with Gasteiger partial charge in [-0.15, -0.1) is 0 Å². The maximum atomic E-state index is 9.52. The van der Waals surface area contributed by atoms with Crippen molar-refractivity contribution in [3.63, 3.8) is 0 Å². The van der Waals surface area contributed by atoms with Crippen molar-refractivity contribution in [2.45, 2.75) is 25.4 Å². The van der Waals surface area contributed by atoms with Crippen LogP contribution in [-0.2, 0) is 0 Å². The topological polar surface area (TPSA) is 48.1 Å². The molecular weight excluding hydrogens is 155 g/mol. The number of nitrogens with zero attached hydrogens (tertiary/aromatic N) is 2. The zero-order chi connectivity index (χ0) is 9.19. The Morgan fingerprint density at radius 3 is 2.33 bits per heavy atom. The molecular formula is C7H13BN2O2. The lowest BCUT2D eigenvalue weighted by atomic mass is 9.81. The van der Waals surface area contributed by atoms with E-state index in [0.717, 1.165) is 0 Å². The molecule has 0 aliphatic carbocycles. The Balaban J connectivity index is 2.46. The van der Waals surface area contributed by atoms with E-state index in [1.165, 1.54) is 0 Å². The predicted octanol–water partition coefficient (Wildman–Crippen LogP) is -0.200. The van der Waals surface area contributed by atoms with Crippen LogP contribution in [0.1, 0.15) is 12.8 Å². The third kappa shape index (κ3) is 1.98. The molecule has 1 saturated heterocycles. The Bertz CT molecular complexity index is 194. The van der Waals surface area contributed by atoms with Crippen LogP contribution in [0.3, 0.4) is 0 Å². The Morgan fingerprint density at radius 1 is 1.50 bits per heavy atom. The minimum atomic E-state index is -1.18. The van der Waals surface area contributed by atoms with Gasteiger partial charge in [-0.25, -0.2) is 6.57 Å². The van der Waals surface area contributed by atoms with E-state index in [9.17, 15) is 10.1 Å². The fourth-order valence-corrected chi connectivity index (χ4v) is 1.37. The minimum Gasteiger partial charge on any atom is -0.437 e. The predicted molar refractivity (Wildman–Crippen MR) is 46.2 cm³/mol. The fraction of sp³-hybridized carbons (Fsp3) is 0.857. The van der Waals surface area contributed by atoms with Crippen molar-refractivity contribution in [2.24, 2.45) is 0 Å². The molecule has 1 aliphatic heterocycles. The van der Waals surface area contributed by atoms with Crippen LogP contribution < -0.4 is 0 Å². The van der Waals surface area contributed by atoms with Crippen LogP contribution in [-0.4, -0.2) is 40.8 Å². The molecule has 1 rings (SSSR count). The van der Waals surface area contributed by atoms with Crippen molar-refractivity contribution < 1.29 is 10.1 Å². The summed E-state index contributed by atoms with van der Waals surface area (Å²) in [6, 6.07) is 0. The molecule has 0 saturated carbocycles. The minimum absolute atomic E-state index is 0.432. The maximum absolute atomic E-state index is 9.52. The summed E-state index contributed by atoms with van der Waals surface area (Å²) in [5, 5.41) is 18.7. The van der Waals surface area contributed by atoms with Gasteiger partial charge in [-0.05, 0) is 19.9 Å². The van der Waals surface area contributed by atoms with Gasteiger partial charge in [0.05, 0.1) is 12.8 Å². The molecule has 12 heavy (non-hydrogen) atoms. The van der Waals surface area contributed by atoms with Gasteiger partial charge in [-0.2, -0.15) is 0 Å². The van der Waals surface area contributed by atoms with E-state index < -0.39 is 12.8 Å². The summed E-state index contributed by atoms with van der Waals surface area (Å²) < 4.78 is 0. The van der Waals surface area contributed by atoms with Crippen molar-refractivity contribution in [2.75, 3.05) is 13.1 Å². The number of piperidine rings is 1. The van der Waals surface area contributed by atoms with Crippen molar-refractivity contribution in [3.05, 3.63) is 11.4 Å². The Kier molecular flexibility index (Phi) is 2.73. The van der Waals surface area contributed by atoms with E-state index in [1.807, 2.05) is 4.81 Å². The third-order valence-corrected chi connectivity index (χ3v) is 2.34. The molecule has 0 aromatic rings. The van der Waals surface area contributed by atoms with Crippen LogP contribution in [0.2, 0.25) is 6.82 Å². The van der Waals surface area contributed by atoms with Crippen molar-refractivity contribution in [1.29, 1.82) is 0 Å². The van der Waals surface area contributed by atoms with E-state index in [0.29, 0.717) is 25.9 Å².